The molecular formula is C13H19N3O3. The highest BCUT2D eigenvalue weighted by Crippen LogP contribution is 2.22. The average Bonchev–Trinajstić information content (AvgIpc) is 2.94. The topological polar surface area (TPSA) is 67.6 Å². The lowest BCUT2D eigenvalue weighted by atomic mass is 10.1. The maximum atomic E-state index is 11.9. The molecule has 2 unspecified atom stereocenters. The first-order valence-corrected chi connectivity index (χ1v) is 6.29. The summed E-state index contributed by atoms with van der Waals surface area (Å²) in [5.41, 5.74) is 1.03. The Morgan fingerprint density at radius 2 is 2.53 bits per heavy atom. The van der Waals surface area contributed by atoms with Crippen LogP contribution in [0, 0.1) is 0 Å². The number of carbonyl (C=O) groups is 1. The number of β-amino-alcohol motifs (C(OH)–C–C–N with tert-alkyl or cyclic N) is 1. The van der Waals surface area contributed by atoms with Crippen molar-refractivity contribution in [1.82, 2.24) is 14.5 Å². The molecule has 1 aromatic rings. The van der Waals surface area contributed by atoms with Crippen LogP contribution in [0.15, 0.2) is 25.2 Å². The fraction of sp³-hybridized carbons (Fsp3) is 0.538. The summed E-state index contributed by atoms with van der Waals surface area (Å²) in [6.45, 7) is 4.01. The molecule has 1 amide bonds. The van der Waals surface area contributed by atoms with Gasteiger partial charge in [-0.25, -0.2) is 9.78 Å². The summed E-state index contributed by atoms with van der Waals surface area (Å²) in [7, 11) is 1.91. The average molecular weight is 265 g/mol. The van der Waals surface area contributed by atoms with Gasteiger partial charge in [0, 0.05) is 31.4 Å². The van der Waals surface area contributed by atoms with Crippen LogP contribution in [-0.2, 0) is 18.2 Å². The van der Waals surface area contributed by atoms with Crippen molar-refractivity contribution in [1.29, 1.82) is 0 Å². The number of aliphatic hydroxyl groups excluding tert-OH is 1. The quantitative estimate of drug-likeness (QED) is 0.815. The van der Waals surface area contributed by atoms with Crippen molar-refractivity contribution in [3.8, 4) is 0 Å². The van der Waals surface area contributed by atoms with Gasteiger partial charge >= 0.3 is 6.09 Å². The molecule has 2 heterocycles. The van der Waals surface area contributed by atoms with Gasteiger partial charge in [0.15, 0.2) is 0 Å². The number of nitrogens with zero attached hydrogens (tertiary/aromatic N) is 3. The van der Waals surface area contributed by atoms with E-state index in [4.69, 9.17) is 4.74 Å². The number of imidazole rings is 1. The molecule has 0 spiro atoms. The lowest BCUT2D eigenvalue weighted by molar-refractivity contribution is 0.102. The standard InChI is InChI=1S/C13H19N3O3/c1-3-4-19-13(18)16-8-12(17)6-10(16)5-11-7-14-9-15(11)2/h3,7,9-10,12,17H,1,4-6,8H2,2H3. The lowest BCUT2D eigenvalue weighted by Crippen LogP contribution is -2.38. The first kappa shape index (κ1) is 13.6. The van der Waals surface area contributed by atoms with Crippen LogP contribution in [0.5, 0.6) is 0 Å². The normalized spacial score (nSPS) is 22.5. The molecule has 0 saturated carbocycles. The predicted molar refractivity (Wildman–Crippen MR) is 69.6 cm³/mol. The summed E-state index contributed by atoms with van der Waals surface area (Å²) in [5, 5.41) is 9.75. The Bertz CT molecular complexity index is 458. The van der Waals surface area contributed by atoms with Crippen LogP contribution < -0.4 is 0 Å². The Morgan fingerprint density at radius 3 is 3.16 bits per heavy atom. The molecule has 1 N–H and O–H groups in total. The molecule has 0 radical (unpaired) electrons. The number of hydrogen-bond donors (Lipinski definition) is 1. The molecule has 19 heavy (non-hydrogen) atoms. The number of aliphatic hydroxyl groups is 1. The van der Waals surface area contributed by atoms with Crippen molar-refractivity contribution in [3.63, 3.8) is 0 Å². The smallest absolute Gasteiger partial charge is 0.410 e. The molecular weight excluding hydrogens is 246 g/mol. The van der Waals surface area contributed by atoms with Gasteiger partial charge in [0.2, 0.25) is 0 Å². The van der Waals surface area contributed by atoms with Gasteiger partial charge in [-0.15, -0.1) is 0 Å². The lowest BCUT2D eigenvalue weighted by Gasteiger charge is -2.23. The maximum Gasteiger partial charge on any atom is 0.410 e. The SMILES string of the molecule is C=CCOC(=O)N1CC(O)CC1Cc1cncn1C. The molecule has 2 atom stereocenters. The van der Waals surface area contributed by atoms with Crippen molar-refractivity contribution >= 4 is 6.09 Å². The van der Waals surface area contributed by atoms with E-state index in [1.54, 1.807) is 17.4 Å². The number of ether oxygens (including phenoxy) is 1. The molecule has 1 aliphatic heterocycles. The first-order chi connectivity index (χ1) is 9.11. The van der Waals surface area contributed by atoms with Gasteiger partial charge in [-0.05, 0) is 6.42 Å². The molecule has 1 aromatic heterocycles. The molecule has 0 aromatic carbocycles. The van der Waals surface area contributed by atoms with Gasteiger partial charge in [0.05, 0.1) is 19.0 Å². The van der Waals surface area contributed by atoms with Crippen molar-refractivity contribution in [2.75, 3.05) is 13.2 Å². The Labute approximate surface area is 112 Å². The highest BCUT2D eigenvalue weighted by Gasteiger charge is 2.35. The number of carbonyl (C=O) groups excluding carboxylic acids is 1. The third-order valence-corrected chi connectivity index (χ3v) is 3.31. The number of likely N-dealkylation sites (tertiary alicyclic amines) is 1. The van der Waals surface area contributed by atoms with Crippen LogP contribution in [0.4, 0.5) is 4.79 Å². The Hall–Kier alpha value is -1.82. The van der Waals surface area contributed by atoms with Crippen molar-refractivity contribution in [2.24, 2.45) is 7.05 Å². The second kappa shape index (κ2) is 5.88. The molecule has 104 valence electrons. The third-order valence-electron chi connectivity index (χ3n) is 3.31. The highest BCUT2D eigenvalue weighted by atomic mass is 16.6. The molecule has 6 heteroatoms. The minimum Gasteiger partial charge on any atom is -0.445 e. The zero-order valence-electron chi connectivity index (χ0n) is 11.0. The first-order valence-electron chi connectivity index (χ1n) is 6.29. The molecule has 1 aliphatic rings. The van der Waals surface area contributed by atoms with Crippen LogP contribution in [0.2, 0.25) is 0 Å². The van der Waals surface area contributed by atoms with Crippen LogP contribution in [-0.4, -0.2) is 50.9 Å². The minimum absolute atomic E-state index is 0.0530. The van der Waals surface area contributed by atoms with E-state index >= 15 is 0 Å². The van der Waals surface area contributed by atoms with E-state index in [1.807, 2.05) is 11.6 Å². The van der Waals surface area contributed by atoms with E-state index in [1.165, 1.54) is 6.08 Å². The minimum atomic E-state index is -0.491. The molecule has 0 aliphatic carbocycles. The maximum absolute atomic E-state index is 11.9. The van der Waals surface area contributed by atoms with E-state index in [-0.39, 0.29) is 12.6 Å². The van der Waals surface area contributed by atoms with E-state index in [0.717, 1.165) is 5.69 Å². The monoisotopic (exact) mass is 265 g/mol. The summed E-state index contributed by atoms with van der Waals surface area (Å²) in [6, 6.07) is -0.0530. The second-order valence-corrected chi connectivity index (χ2v) is 4.76. The van der Waals surface area contributed by atoms with Crippen molar-refractivity contribution < 1.29 is 14.6 Å². The number of hydrogen-bond acceptors (Lipinski definition) is 4. The van der Waals surface area contributed by atoms with Crippen LogP contribution >= 0.6 is 0 Å². The number of aromatic nitrogens is 2. The van der Waals surface area contributed by atoms with Crippen molar-refractivity contribution in [3.05, 3.63) is 30.9 Å². The van der Waals surface area contributed by atoms with Gasteiger partial charge in [-0.2, -0.15) is 0 Å². The molecule has 2 rings (SSSR count). The third kappa shape index (κ3) is 3.14. The van der Waals surface area contributed by atoms with Gasteiger partial charge in [0.1, 0.15) is 6.61 Å². The number of rotatable bonds is 4. The zero-order valence-corrected chi connectivity index (χ0v) is 11.0. The van der Waals surface area contributed by atoms with Gasteiger partial charge in [-0.3, -0.25) is 0 Å². The van der Waals surface area contributed by atoms with Gasteiger partial charge < -0.3 is 19.3 Å². The zero-order chi connectivity index (χ0) is 13.8. The van der Waals surface area contributed by atoms with E-state index in [9.17, 15) is 9.90 Å². The summed E-state index contributed by atoms with van der Waals surface area (Å²) in [6.07, 6.45) is 5.36. The Balaban J connectivity index is 2.03. The summed E-state index contributed by atoms with van der Waals surface area (Å²) in [4.78, 5) is 17.5. The number of aryl methyl sites for hydroxylation is 1. The largest absolute Gasteiger partial charge is 0.445 e. The highest BCUT2D eigenvalue weighted by molar-refractivity contribution is 5.68. The van der Waals surface area contributed by atoms with Crippen LogP contribution in [0.3, 0.4) is 0 Å². The predicted octanol–water partition coefficient (Wildman–Crippen LogP) is 0.720. The Morgan fingerprint density at radius 1 is 1.74 bits per heavy atom. The molecule has 0 bridgehead atoms. The second-order valence-electron chi connectivity index (χ2n) is 4.76. The van der Waals surface area contributed by atoms with Crippen LogP contribution in [0.1, 0.15) is 12.1 Å². The van der Waals surface area contributed by atoms with Crippen LogP contribution in [0.25, 0.3) is 0 Å². The van der Waals surface area contributed by atoms with Crippen molar-refractivity contribution in [2.45, 2.75) is 25.0 Å². The summed E-state index contributed by atoms with van der Waals surface area (Å²) >= 11 is 0. The fourth-order valence-electron chi connectivity index (χ4n) is 2.34. The fourth-order valence-corrected chi connectivity index (χ4v) is 2.34. The van der Waals surface area contributed by atoms with E-state index < -0.39 is 12.2 Å². The molecule has 1 fully saturated rings. The van der Waals surface area contributed by atoms with E-state index in [2.05, 4.69) is 11.6 Å². The summed E-state index contributed by atoms with van der Waals surface area (Å²) in [5.74, 6) is 0. The van der Waals surface area contributed by atoms with Gasteiger partial charge in [-0.1, -0.05) is 12.7 Å². The number of amides is 1. The summed E-state index contributed by atoms with van der Waals surface area (Å²) < 4.78 is 6.95. The Kier molecular flexibility index (Phi) is 4.21. The van der Waals surface area contributed by atoms with Gasteiger partial charge in [0.25, 0.3) is 0 Å². The van der Waals surface area contributed by atoms with E-state index in [0.29, 0.717) is 19.4 Å². The molecule has 1 saturated heterocycles. The molecule has 6 nitrogen and oxygen atoms in total.